The molecule has 0 aliphatic heterocycles. The van der Waals surface area contributed by atoms with E-state index in [4.69, 9.17) is 0 Å². The maximum absolute atomic E-state index is 3.59. The van der Waals surface area contributed by atoms with E-state index in [0.29, 0.717) is 0 Å². The van der Waals surface area contributed by atoms with Crippen LogP contribution < -0.4 is 5.32 Å². The van der Waals surface area contributed by atoms with E-state index in [-0.39, 0.29) is 5.54 Å². The SMILES string of the molecule is CCC(CC)N(CCNC(C)(C)C)CC(C)C. The van der Waals surface area contributed by atoms with Gasteiger partial charge in [0.2, 0.25) is 0 Å². The van der Waals surface area contributed by atoms with Gasteiger partial charge in [-0.2, -0.15) is 0 Å². The van der Waals surface area contributed by atoms with E-state index in [2.05, 4.69) is 58.7 Å². The maximum atomic E-state index is 3.59. The lowest BCUT2D eigenvalue weighted by molar-refractivity contribution is 0.162. The molecule has 0 radical (unpaired) electrons. The first kappa shape index (κ1) is 16.9. The molecule has 0 spiro atoms. The monoisotopic (exact) mass is 242 g/mol. The van der Waals surface area contributed by atoms with Crippen LogP contribution in [-0.4, -0.2) is 36.1 Å². The van der Waals surface area contributed by atoms with E-state index in [1.54, 1.807) is 0 Å². The topological polar surface area (TPSA) is 15.3 Å². The van der Waals surface area contributed by atoms with Crippen molar-refractivity contribution in [1.29, 1.82) is 0 Å². The van der Waals surface area contributed by atoms with Crippen molar-refractivity contribution in [2.45, 2.75) is 72.9 Å². The van der Waals surface area contributed by atoms with Crippen LogP contribution in [0.4, 0.5) is 0 Å². The zero-order valence-corrected chi connectivity index (χ0v) is 13.1. The molecule has 0 atom stereocenters. The molecule has 0 saturated carbocycles. The Labute approximate surface area is 109 Å². The fourth-order valence-corrected chi connectivity index (χ4v) is 2.27. The van der Waals surface area contributed by atoms with Crippen LogP contribution in [0.15, 0.2) is 0 Å². The number of hydrogen-bond donors (Lipinski definition) is 1. The molecular weight excluding hydrogens is 208 g/mol. The van der Waals surface area contributed by atoms with Crippen molar-refractivity contribution in [3.8, 4) is 0 Å². The third kappa shape index (κ3) is 8.62. The van der Waals surface area contributed by atoms with Crippen LogP contribution in [0.3, 0.4) is 0 Å². The fraction of sp³-hybridized carbons (Fsp3) is 1.00. The number of nitrogens with one attached hydrogen (secondary N) is 1. The Morgan fingerprint density at radius 2 is 1.59 bits per heavy atom. The van der Waals surface area contributed by atoms with Crippen LogP contribution in [0, 0.1) is 5.92 Å². The normalized spacial score (nSPS) is 13.1. The zero-order valence-electron chi connectivity index (χ0n) is 13.1. The molecule has 17 heavy (non-hydrogen) atoms. The van der Waals surface area contributed by atoms with E-state index in [1.165, 1.54) is 25.9 Å². The summed E-state index contributed by atoms with van der Waals surface area (Å²) in [7, 11) is 0. The van der Waals surface area contributed by atoms with E-state index >= 15 is 0 Å². The summed E-state index contributed by atoms with van der Waals surface area (Å²) >= 11 is 0. The van der Waals surface area contributed by atoms with Gasteiger partial charge < -0.3 is 5.32 Å². The van der Waals surface area contributed by atoms with E-state index in [9.17, 15) is 0 Å². The van der Waals surface area contributed by atoms with Crippen molar-refractivity contribution in [3.05, 3.63) is 0 Å². The van der Waals surface area contributed by atoms with Crippen LogP contribution in [-0.2, 0) is 0 Å². The quantitative estimate of drug-likeness (QED) is 0.700. The predicted molar refractivity (Wildman–Crippen MR) is 78.5 cm³/mol. The van der Waals surface area contributed by atoms with E-state index < -0.39 is 0 Å². The molecule has 2 nitrogen and oxygen atoms in total. The number of hydrogen-bond acceptors (Lipinski definition) is 2. The molecule has 2 heteroatoms. The minimum absolute atomic E-state index is 0.234. The second kappa shape index (κ2) is 8.10. The molecule has 0 heterocycles. The Bertz CT molecular complexity index is 178. The average molecular weight is 242 g/mol. The lowest BCUT2D eigenvalue weighted by Gasteiger charge is -2.33. The van der Waals surface area contributed by atoms with Gasteiger partial charge in [0.15, 0.2) is 0 Å². The van der Waals surface area contributed by atoms with Gasteiger partial charge >= 0.3 is 0 Å². The van der Waals surface area contributed by atoms with Crippen molar-refractivity contribution in [2.75, 3.05) is 19.6 Å². The Morgan fingerprint density at radius 3 is 1.94 bits per heavy atom. The van der Waals surface area contributed by atoms with Gasteiger partial charge in [-0.25, -0.2) is 0 Å². The third-order valence-corrected chi connectivity index (χ3v) is 3.11. The number of nitrogens with zero attached hydrogens (tertiary/aromatic N) is 1. The Morgan fingerprint density at radius 1 is 1.06 bits per heavy atom. The van der Waals surface area contributed by atoms with Crippen LogP contribution in [0.25, 0.3) is 0 Å². The molecule has 0 saturated heterocycles. The first-order valence-corrected chi connectivity index (χ1v) is 7.29. The van der Waals surface area contributed by atoms with E-state index in [0.717, 1.165) is 18.5 Å². The van der Waals surface area contributed by atoms with Gasteiger partial charge in [-0.3, -0.25) is 4.90 Å². The van der Waals surface area contributed by atoms with Gasteiger partial charge in [-0.1, -0.05) is 27.7 Å². The van der Waals surface area contributed by atoms with E-state index in [1.807, 2.05) is 0 Å². The molecular formula is C15H34N2. The predicted octanol–water partition coefficient (Wildman–Crippen LogP) is 3.52. The van der Waals surface area contributed by atoms with Crippen molar-refractivity contribution >= 4 is 0 Å². The highest BCUT2D eigenvalue weighted by atomic mass is 15.2. The molecule has 0 aromatic rings. The van der Waals surface area contributed by atoms with Gasteiger partial charge in [0.1, 0.15) is 0 Å². The molecule has 0 fully saturated rings. The van der Waals surface area contributed by atoms with Crippen molar-refractivity contribution in [1.82, 2.24) is 10.2 Å². The van der Waals surface area contributed by atoms with Crippen LogP contribution in [0.5, 0.6) is 0 Å². The largest absolute Gasteiger partial charge is 0.311 e. The summed E-state index contributed by atoms with van der Waals surface area (Å²) < 4.78 is 0. The lowest BCUT2D eigenvalue weighted by atomic mass is 10.1. The van der Waals surface area contributed by atoms with Gasteiger partial charge in [0, 0.05) is 31.2 Å². The Kier molecular flexibility index (Phi) is 8.06. The second-order valence-corrected chi connectivity index (χ2v) is 6.54. The summed E-state index contributed by atoms with van der Waals surface area (Å²) in [5.41, 5.74) is 0.234. The Balaban J connectivity index is 4.19. The fourth-order valence-electron chi connectivity index (χ4n) is 2.27. The minimum Gasteiger partial charge on any atom is -0.311 e. The molecule has 0 bridgehead atoms. The standard InChI is InChI=1S/C15H34N2/c1-8-14(9-2)17(12-13(3)4)11-10-16-15(5,6)7/h13-14,16H,8-12H2,1-7H3. The van der Waals surface area contributed by atoms with Gasteiger partial charge in [0.05, 0.1) is 0 Å². The molecule has 0 aliphatic rings. The first-order valence-electron chi connectivity index (χ1n) is 7.29. The van der Waals surface area contributed by atoms with Crippen LogP contribution >= 0.6 is 0 Å². The zero-order chi connectivity index (χ0) is 13.5. The molecule has 0 aromatic carbocycles. The first-order chi connectivity index (χ1) is 7.80. The summed E-state index contributed by atoms with van der Waals surface area (Å²) in [6.07, 6.45) is 2.53. The van der Waals surface area contributed by atoms with Gasteiger partial charge in [0.25, 0.3) is 0 Å². The second-order valence-electron chi connectivity index (χ2n) is 6.54. The molecule has 1 N–H and O–H groups in total. The molecule has 0 amide bonds. The summed E-state index contributed by atoms with van der Waals surface area (Å²) in [6.45, 7) is 19.4. The molecule has 0 aromatic heterocycles. The highest BCUT2D eigenvalue weighted by Crippen LogP contribution is 2.11. The summed E-state index contributed by atoms with van der Waals surface area (Å²) in [6, 6.07) is 0.749. The van der Waals surface area contributed by atoms with Gasteiger partial charge in [-0.05, 0) is 39.5 Å². The summed E-state index contributed by atoms with van der Waals surface area (Å²) in [5.74, 6) is 0.755. The molecule has 0 aliphatic carbocycles. The Hall–Kier alpha value is -0.0800. The van der Waals surface area contributed by atoms with Crippen LogP contribution in [0.2, 0.25) is 0 Å². The molecule has 0 unspecified atom stereocenters. The van der Waals surface area contributed by atoms with Crippen LogP contribution in [0.1, 0.15) is 61.3 Å². The summed E-state index contributed by atoms with van der Waals surface area (Å²) in [5, 5.41) is 3.59. The average Bonchev–Trinajstić information content (AvgIpc) is 2.16. The smallest absolute Gasteiger partial charge is 0.0110 e. The third-order valence-electron chi connectivity index (χ3n) is 3.11. The highest BCUT2D eigenvalue weighted by Gasteiger charge is 2.17. The van der Waals surface area contributed by atoms with Crippen molar-refractivity contribution < 1.29 is 0 Å². The lowest BCUT2D eigenvalue weighted by Crippen LogP contribution is -2.45. The molecule has 0 rings (SSSR count). The summed E-state index contributed by atoms with van der Waals surface area (Å²) in [4.78, 5) is 2.66. The van der Waals surface area contributed by atoms with Gasteiger partial charge in [-0.15, -0.1) is 0 Å². The minimum atomic E-state index is 0.234. The van der Waals surface area contributed by atoms with Crippen molar-refractivity contribution in [3.63, 3.8) is 0 Å². The maximum Gasteiger partial charge on any atom is 0.0110 e. The van der Waals surface area contributed by atoms with Crippen molar-refractivity contribution in [2.24, 2.45) is 5.92 Å². The highest BCUT2D eigenvalue weighted by molar-refractivity contribution is 4.75. The number of rotatable bonds is 8. The molecule has 104 valence electrons.